The lowest BCUT2D eigenvalue weighted by molar-refractivity contribution is -0.870. The van der Waals surface area contributed by atoms with Crippen molar-refractivity contribution in [2.24, 2.45) is 0 Å². The average Bonchev–Trinajstić information content (AvgIpc) is 3.19. The van der Waals surface area contributed by atoms with Crippen LogP contribution in [0.4, 0.5) is 0 Å². The highest BCUT2D eigenvalue weighted by atomic mass is 31.2. The minimum atomic E-state index is -4.31. The van der Waals surface area contributed by atoms with E-state index in [-0.39, 0.29) is 19.1 Å². The van der Waals surface area contributed by atoms with Gasteiger partial charge in [0.1, 0.15) is 13.2 Å². The highest BCUT2D eigenvalue weighted by Crippen LogP contribution is 2.43. The summed E-state index contributed by atoms with van der Waals surface area (Å²) in [4.78, 5) is 23.2. The Morgan fingerprint density at radius 3 is 1.49 bits per heavy atom. The first-order valence-corrected chi connectivity index (χ1v) is 26.0. The smallest absolute Gasteiger partial charge is 0.391 e. The Hall–Kier alpha value is -1.54. The number of likely N-dealkylation sites (N-methyl/N-ethyl adjacent to an activating group) is 1. The maximum atomic E-state index is 12.9. The summed E-state index contributed by atoms with van der Waals surface area (Å²) >= 11 is 0. The number of carbonyl (C=O) groups excluding carboxylic acids is 1. The van der Waals surface area contributed by atoms with Gasteiger partial charge in [-0.2, -0.15) is 0 Å². The van der Waals surface area contributed by atoms with E-state index in [0.717, 1.165) is 64.2 Å². The molecule has 0 aliphatic carbocycles. The van der Waals surface area contributed by atoms with Crippen LogP contribution < -0.4 is 5.32 Å². The lowest BCUT2D eigenvalue weighted by Crippen LogP contribution is -2.46. The van der Waals surface area contributed by atoms with E-state index in [4.69, 9.17) is 9.05 Å². The predicted molar refractivity (Wildman–Crippen MR) is 254 cm³/mol. The number of phosphoric acid groups is 1. The maximum absolute atomic E-state index is 12.9. The fraction of sp³-hybridized carbons (Fsp3) is 0.820. The predicted octanol–water partition coefficient (Wildman–Crippen LogP) is 14.0. The van der Waals surface area contributed by atoms with E-state index in [1.165, 1.54) is 122 Å². The van der Waals surface area contributed by atoms with Crippen LogP contribution in [-0.4, -0.2) is 73.4 Å². The largest absolute Gasteiger partial charge is 0.472 e. The molecule has 0 radical (unpaired) electrons. The Balaban J connectivity index is 4.19. The zero-order chi connectivity index (χ0) is 43.6. The minimum Gasteiger partial charge on any atom is -0.391 e. The molecule has 3 N–H and O–H groups in total. The zero-order valence-corrected chi connectivity index (χ0v) is 40.1. The van der Waals surface area contributed by atoms with Crippen LogP contribution in [0, 0.1) is 0 Å². The first-order chi connectivity index (χ1) is 28.5. The maximum Gasteiger partial charge on any atom is 0.472 e. The number of hydrogen-bond donors (Lipinski definition) is 3. The second-order valence-electron chi connectivity index (χ2n) is 17.8. The van der Waals surface area contributed by atoms with E-state index in [2.05, 4.69) is 67.8 Å². The Morgan fingerprint density at radius 2 is 1.02 bits per heavy atom. The summed E-state index contributed by atoms with van der Waals surface area (Å²) in [6.07, 6.45) is 52.9. The van der Waals surface area contributed by atoms with Gasteiger partial charge in [-0.15, -0.1) is 0 Å². The van der Waals surface area contributed by atoms with Crippen molar-refractivity contribution in [3.63, 3.8) is 0 Å². The van der Waals surface area contributed by atoms with Gasteiger partial charge in [-0.25, -0.2) is 4.57 Å². The number of phosphoric ester groups is 1. The molecule has 0 fully saturated rings. The van der Waals surface area contributed by atoms with E-state index in [1.54, 1.807) is 0 Å². The highest BCUT2D eigenvalue weighted by molar-refractivity contribution is 7.47. The molecule has 0 aliphatic heterocycles. The van der Waals surface area contributed by atoms with Crippen molar-refractivity contribution < 1.29 is 32.9 Å². The molecule has 0 saturated carbocycles. The molecule has 0 aromatic rings. The van der Waals surface area contributed by atoms with Crippen molar-refractivity contribution in [3.05, 3.63) is 48.6 Å². The quantitative estimate of drug-likeness (QED) is 0.0244. The van der Waals surface area contributed by atoms with Crippen molar-refractivity contribution in [3.8, 4) is 0 Å². The van der Waals surface area contributed by atoms with Gasteiger partial charge in [0.2, 0.25) is 5.91 Å². The summed E-state index contributed by atoms with van der Waals surface area (Å²) in [6, 6.07) is -0.761. The van der Waals surface area contributed by atoms with Gasteiger partial charge in [-0.1, -0.05) is 204 Å². The van der Waals surface area contributed by atoms with Crippen LogP contribution in [0.2, 0.25) is 0 Å². The van der Waals surface area contributed by atoms with Crippen LogP contribution in [0.5, 0.6) is 0 Å². The topological polar surface area (TPSA) is 105 Å². The van der Waals surface area contributed by atoms with Crippen LogP contribution >= 0.6 is 7.82 Å². The molecule has 0 bridgehead atoms. The summed E-state index contributed by atoms with van der Waals surface area (Å²) in [5.41, 5.74) is 0. The Bertz CT molecular complexity index is 1100. The van der Waals surface area contributed by atoms with Crippen molar-refractivity contribution in [2.45, 2.75) is 225 Å². The molecule has 3 unspecified atom stereocenters. The van der Waals surface area contributed by atoms with E-state index in [0.29, 0.717) is 23.9 Å². The van der Waals surface area contributed by atoms with Crippen LogP contribution in [-0.2, 0) is 18.4 Å². The fourth-order valence-corrected chi connectivity index (χ4v) is 7.71. The van der Waals surface area contributed by atoms with Gasteiger partial charge in [-0.05, 0) is 51.4 Å². The molecule has 0 rings (SSSR count). The number of rotatable bonds is 44. The van der Waals surface area contributed by atoms with Gasteiger partial charge in [0.25, 0.3) is 0 Å². The molecule has 346 valence electrons. The summed E-state index contributed by atoms with van der Waals surface area (Å²) in [7, 11) is 1.61. The number of amides is 1. The van der Waals surface area contributed by atoms with Crippen molar-refractivity contribution >= 4 is 13.7 Å². The van der Waals surface area contributed by atoms with E-state index < -0.39 is 20.0 Å². The second-order valence-corrected chi connectivity index (χ2v) is 19.3. The van der Waals surface area contributed by atoms with E-state index in [9.17, 15) is 19.4 Å². The number of aliphatic hydroxyl groups is 1. The molecule has 0 aromatic heterocycles. The third kappa shape index (κ3) is 44.3. The third-order valence-electron chi connectivity index (χ3n) is 10.8. The Morgan fingerprint density at radius 1 is 0.593 bits per heavy atom. The number of quaternary nitrogens is 1. The van der Waals surface area contributed by atoms with Gasteiger partial charge in [0.15, 0.2) is 0 Å². The average molecular weight is 852 g/mol. The van der Waals surface area contributed by atoms with Crippen molar-refractivity contribution in [1.29, 1.82) is 0 Å². The Kier molecular flexibility index (Phi) is 40.7. The molecule has 3 atom stereocenters. The molecule has 0 heterocycles. The molecule has 0 spiro atoms. The number of hydrogen-bond acceptors (Lipinski definition) is 5. The number of carbonyl (C=O) groups is 1. The normalized spacial score (nSPS) is 14.6. The van der Waals surface area contributed by atoms with Gasteiger partial charge in [0, 0.05) is 6.42 Å². The number of allylic oxidation sites excluding steroid dienone is 8. The zero-order valence-electron chi connectivity index (χ0n) is 39.2. The lowest BCUT2D eigenvalue weighted by atomic mass is 10.0. The number of nitrogens with zero attached hydrogens (tertiary/aromatic N) is 1. The van der Waals surface area contributed by atoms with Crippen LogP contribution in [0.25, 0.3) is 0 Å². The van der Waals surface area contributed by atoms with E-state index >= 15 is 0 Å². The molecule has 8 nitrogen and oxygen atoms in total. The van der Waals surface area contributed by atoms with Crippen molar-refractivity contribution in [1.82, 2.24) is 5.32 Å². The van der Waals surface area contributed by atoms with Gasteiger partial charge in [0.05, 0.1) is 39.9 Å². The SMILES string of the molecule is CC/C=C\C/C=C\C/C=C\C/C=C\CCCCCCCCCCCCCCC(=O)NC(COP(=O)(O)OCC[N+](C)(C)C)C(O)CCCCCCCCCCCCCC. The number of unbranched alkanes of at least 4 members (excludes halogenated alkanes) is 23. The molecule has 0 aliphatic rings. The van der Waals surface area contributed by atoms with Crippen LogP contribution in [0.15, 0.2) is 48.6 Å². The molecule has 9 heteroatoms. The van der Waals surface area contributed by atoms with Crippen molar-refractivity contribution in [2.75, 3.05) is 40.9 Å². The first-order valence-electron chi connectivity index (χ1n) is 24.5. The molecular weight excluding hydrogens is 756 g/mol. The molecule has 0 saturated heterocycles. The summed E-state index contributed by atoms with van der Waals surface area (Å²) in [6.45, 7) is 4.77. The highest BCUT2D eigenvalue weighted by Gasteiger charge is 2.28. The lowest BCUT2D eigenvalue weighted by Gasteiger charge is -2.26. The number of aliphatic hydroxyl groups excluding tert-OH is 1. The van der Waals surface area contributed by atoms with Gasteiger partial charge >= 0.3 is 7.82 Å². The summed E-state index contributed by atoms with van der Waals surface area (Å²) < 4.78 is 23.6. The fourth-order valence-electron chi connectivity index (χ4n) is 6.98. The monoisotopic (exact) mass is 852 g/mol. The molecular formula is C50H96N2O6P+. The third-order valence-corrected chi connectivity index (χ3v) is 11.8. The van der Waals surface area contributed by atoms with Gasteiger partial charge < -0.3 is 19.8 Å². The first kappa shape index (κ1) is 57.5. The Labute approximate surface area is 365 Å². The minimum absolute atomic E-state index is 0.0733. The molecule has 0 aromatic carbocycles. The summed E-state index contributed by atoms with van der Waals surface area (Å²) in [5, 5.41) is 14.0. The summed E-state index contributed by atoms with van der Waals surface area (Å²) in [5.74, 6) is -0.149. The standard InChI is InChI=1S/C50H95N2O6P/c1-6-8-10-12-14-16-18-20-21-22-23-24-25-26-27-28-29-30-31-32-34-36-38-40-42-44-50(54)51-48(47-58-59(55,56)57-46-45-52(3,4)5)49(53)43-41-39-37-35-33-19-17-15-13-11-9-7-2/h8,10,14,16,20-21,23-24,48-49,53H,6-7,9,11-13,15,17-19,22,25-47H2,1-5H3,(H-,51,54,55,56)/p+1/b10-8-,16-14-,21-20-,24-23-. The second kappa shape index (κ2) is 41.8. The molecule has 1 amide bonds. The molecule has 59 heavy (non-hydrogen) atoms. The van der Waals surface area contributed by atoms with Crippen LogP contribution in [0.3, 0.4) is 0 Å². The van der Waals surface area contributed by atoms with Gasteiger partial charge in [-0.3, -0.25) is 13.8 Å². The van der Waals surface area contributed by atoms with E-state index in [1.807, 2.05) is 21.1 Å². The number of nitrogens with one attached hydrogen (secondary N) is 1. The van der Waals surface area contributed by atoms with Crippen LogP contribution in [0.1, 0.15) is 213 Å².